The lowest BCUT2D eigenvalue weighted by Crippen LogP contribution is -2.36. The van der Waals surface area contributed by atoms with Crippen LogP contribution in [0.3, 0.4) is 0 Å². The molecule has 112 valence electrons. The van der Waals surface area contributed by atoms with Crippen molar-refractivity contribution in [3.63, 3.8) is 0 Å². The van der Waals surface area contributed by atoms with E-state index in [1.807, 2.05) is 24.3 Å². The smallest absolute Gasteiger partial charge is 0.0951 e. The second-order valence-electron chi connectivity index (χ2n) is 6.09. The number of nitrogens with one attached hydrogen (secondary N) is 1. The van der Waals surface area contributed by atoms with Crippen molar-refractivity contribution in [1.29, 1.82) is 0 Å². The average Bonchev–Trinajstić information content (AvgIpc) is 2.72. The van der Waals surface area contributed by atoms with Crippen LogP contribution in [-0.4, -0.2) is 22.2 Å². The largest absolute Gasteiger partial charge is 0.397 e. The zero-order valence-electron chi connectivity index (χ0n) is 12.3. The summed E-state index contributed by atoms with van der Waals surface area (Å²) in [6.07, 6.45) is 8.20. The van der Waals surface area contributed by atoms with E-state index in [1.165, 1.54) is 12.8 Å². The fraction of sp³-hybridized carbons (Fsp3) is 0.471. The molecule has 1 heterocycles. The van der Waals surface area contributed by atoms with Gasteiger partial charge in [0.2, 0.25) is 0 Å². The molecule has 2 aromatic rings. The third-order valence-corrected chi connectivity index (χ3v) is 4.44. The topological polar surface area (TPSA) is 71.2 Å². The molecule has 4 heteroatoms. The molecule has 4 N–H and O–H groups in total. The van der Waals surface area contributed by atoms with Gasteiger partial charge in [-0.3, -0.25) is 4.98 Å². The number of nitrogen functional groups attached to an aromatic ring is 1. The Morgan fingerprint density at radius 3 is 2.67 bits per heavy atom. The lowest BCUT2D eigenvalue weighted by Gasteiger charge is -2.27. The molecule has 0 spiro atoms. The molecular weight excluding hydrogens is 262 g/mol. The zero-order valence-corrected chi connectivity index (χ0v) is 12.3. The van der Waals surface area contributed by atoms with E-state index in [-0.39, 0.29) is 0 Å². The number of hydrogen-bond donors (Lipinski definition) is 3. The third-order valence-electron chi connectivity index (χ3n) is 4.44. The number of pyridine rings is 1. The second-order valence-corrected chi connectivity index (χ2v) is 6.09. The van der Waals surface area contributed by atoms with Crippen molar-refractivity contribution in [2.24, 2.45) is 0 Å². The number of aliphatic hydroxyl groups is 1. The maximum Gasteiger partial charge on any atom is 0.0951 e. The molecule has 0 amide bonds. The van der Waals surface area contributed by atoms with Gasteiger partial charge in [0.15, 0.2) is 0 Å². The highest BCUT2D eigenvalue weighted by atomic mass is 16.3. The molecule has 0 bridgehead atoms. The van der Waals surface area contributed by atoms with Crippen LogP contribution >= 0.6 is 0 Å². The van der Waals surface area contributed by atoms with Crippen molar-refractivity contribution in [1.82, 2.24) is 4.98 Å². The van der Waals surface area contributed by atoms with Crippen LogP contribution in [0.4, 0.5) is 11.4 Å². The van der Waals surface area contributed by atoms with Crippen LogP contribution in [0.25, 0.3) is 10.9 Å². The number of aromatic nitrogens is 1. The molecule has 0 saturated heterocycles. The van der Waals surface area contributed by atoms with Crippen molar-refractivity contribution in [2.75, 3.05) is 17.6 Å². The van der Waals surface area contributed by atoms with Crippen LogP contribution < -0.4 is 11.1 Å². The minimum absolute atomic E-state index is 0.584. The Kier molecular flexibility index (Phi) is 3.97. The van der Waals surface area contributed by atoms with E-state index in [2.05, 4.69) is 10.3 Å². The Bertz CT molecular complexity index is 618. The van der Waals surface area contributed by atoms with Gasteiger partial charge in [-0.15, -0.1) is 0 Å². The Balaban J connectivity index is 1.80. The molecule has 0 atom stereocenters. The summed E-state index contributed by atoms with van der Waals surface area (Å²) >= 11 is 0. The predicted molar refractivity (Wildman–Crippen MR) is 87.3 cm³/mol. The van der Waals surface area contributed by atoms with E-state index < -0.39 is 5.60 Å². The number of rotatable bonds is 3. The fourth-order valence-electron chi connectivity index (χ4n) is 3.17. The zero-order chi connectivity index (χ0) is 14.7. The Hall–Kier alpha value is -1.81. The van der Waals surface area contributed by atoms with E-state index in [4.69, 9.17) is 5.73 Å². The van der Waals surface area contributed by atoms with Crippen molar-refractivity contribution in [3.05, 3.63) is 30.5 Å². The van der Waals surface area contributed by atoms with Gasteiger partial charge >= 0.3 is 0 Å². The molecule has 21 heavy (non-hydrogen) atoms. The van der Waals surface area contributed by atoms with Crippen LogP contribution in [0, 0.1) is 0 Å². The molecule has 1 aliphatic rings. The summed E-state index contributed by atoms with van der Waals surface area (Å²) in [6, 6.07) is 7.76. The van der Waals surface area contributed by atoms with Gasteiger partial charge in [-0.05, 0) is 37.1 Å². The fourth-order valence-corrected chi connectivity index (χ4v) is 3.17. The number of nitrogens with two attached hydrogens (primary N) is 1. The Morgan fingerprint density at radius 1 is 1.14 bits per heavy atom. The molecule has 4 nitrogen and oxygen atoms in total. The molecule has 3 rings (SSSR count). The molecule has 0 unspecified atom stereocenters. The van der Waals surface area contributed by atoms with E-state index >= 15 is 0 Å². The molecule has 1 aromatic carbocycles. The average molecular weight is 285 g/mol. The molecule has 1 aliphatic carbocycles. The Labute approximate surface area is 125 Å². The summed E-state index contributed by atoms with van der Waals surface area (Å²) < 4.78 is 0. The van der Waals surface area contributed by atoms with Crippen molar-refractivity contribution in [2.45, 2.75) is 44.1 Å². The first kappa shape index (κ1) is 14.1. The van der Waals surface area contributed by atoms with Gasteiger partial charge in [0, 0.05) is 23.8 Å². The summed E-state index contributed by atoms with van der Waals surface area (Å²) in [5.41, 5.74) is 7.87. The summed E-state index contributed by atoms with van der Waals surface area (Å²) in [6.45, 7) is 0.584. The van der Waals surface area contributed by atoms with Crippen molar-refractivity contribution >= 4 is 22.3 Å². The first-order valence-corrected chi connectivity index (χ1v) is 7.77. The monoisotopic (exact) mass is 285 g/mol. The van der Waals surface area contributed by atoms with Gasteiger partial charge in [-0.25, -0.2) is 0 Å². The maximum atomic E-state index is 10.7. The van der Waals surface area contributed by atoms with Crippen LogP contribution in [0.2, 0.25) is 0 Å². The van der Waals surface area contributed by atoms with E-state index in [0.29, 0.717) is 12.2 Å². The molecule has 0 aliphatic heterocycles. The second kappa shape index (κ2) is 5.90. The highest BCUT2D eigenvalue weighted by Crippen LogP contribution is 2.30. The van der Waals surface area contributed by atoms with E-state index in [1.54, 1.807) is 6.20 Å². The van der Waals surface area contributed by atoms with E-state index in [0.717, 1.165) is 42.3 Å². The van der Waals surface area contributed by atoms with Crippen molar-refractivity contribution in [3.8, 4) is 0 Å². The summed E-state index contributed by atoms with van der Waals surface area (Å²) in [4.78, 5) is 4.34. The van der Waals surface area contributed by atoms with Gasteiger partial charge in [0.25, 0.3) is 0 Å². The molecule has 1 aromatic heterocycles. The number of fused-ring (bicyclic) bond motifs is 1. The summed E-state index contributed by atoms with van der Waals surface area (Å²) in [5, 5.41) is 15.2. The van der Waals surface area contributed by atoms with Gasteiger partial charge < -0.3 is 16.2 Å². The van der Waals surface area contributed by atoms with Gasteiger partial charge in [-0.2, -0.15) is 0 Å². The summed E-state index contributed by atoms with van der Waals surface area (Å²) in [7, 11) is 0. The van der Waals surface area contributed by atoms with Crippen LogP contribution in [0.15, 0.2) is 30.5 Å². The van der Waals surface area contributed by atoms with Crippen LogP contribution in [0.1, 0.15) is 38.5 Å². The number of benzene rings is 1. The lowest BCUT2D eigenvalue weighted by molar-refractivity contribution is 0.0381. The minimum atomic E-state index is -0.591. The van der Waals surface area contributed by atoms with Crippen molar-refractivity contribution < 1.29 is 5.11 Å². The highest BCUT2D eigenvalue weighted by Gasteiger charge is 2.27. The van der Waals surface area contributed by atoms with E-state index in [9.17, 15) is 5.11 Å². The molecule has 0 radical (unpaired) electrons. The molecular formula is C17H23N3O. The predicted octanol–water partition coefficient (Wildman–Crippen LogP) is 3.31. The number of nitrogens with zero attached hydrogens (tertiary/aromatic N) is 1. The number of anilines is 2. The van der Waals surface area contributed by atoms with Crippen LogP contribution in [-0.2, 0) is 0 Å². The quantitative estimate of drug-likeness (QED) is 0.597. The van der Waals surface area contributed by atoms with Gasteiger partial charge in [-0.1, -0.05) is 25.7 Å². The normalized spacial score (nSPS) is 18.3. The minimum Gasteiger partial charge on any atom is -0.397 e. The summed E-state index contributed by atoms with van der Waals surface area (Å²) in [5.74, 6) is 0. The van der Waals surface area contributed by atoms with Gasteiger partial charge in [0.1, 0.15) is 0 Å². The first-order valence-electron chi connectivity index (χ1n) is 7.77. The van der Waals surface area contributed by atoms with Crippen LogP contribution in [0.5, 0.6) is 0 Å². The maximum absolute atomic E-state index is 10.7. The lowest BCUT2D eigenvalue weighted by atomic mass is 9.94. The first-order chi connectivity index (χ1) is 10.2. The Morgan fingerprint density at radius 2 is 1.90 bits per heavy atom. The van der Waals surface area contributed by atoms with Gasteiger partial charge in [0.05, 0.1) is 16.8 Å². The molecule has 1 saturated carbocycles. The standard InChI is InChI=1S/C17H23N3O/c18-14-7-8-15(13-6-5-11-19-16(13)14)20-12-17(21)9-3-1-2-4-10-17/h5-8,11,20-21H,1-4,9-10,12,18H2. The number of hydrogen-bond acceptors (Lipinski definition) is 4. The SMILES string of the molecule is Nc1ccc(NCC2(O)CCCCCC2)c2cccnc12. The third kappa shape index (κ3) is 3.10. The molecule has 1 fully saturated rings. The highest BCUT2D eigenvalue weighted by molar-refractivity contribution is 5.98.